The number of nitrogens with one attached hydrogen (secondary N) is 2. The Kier molecular flexibility index (Phi) is 6.98. The van der Waals surface area contributed by atoms with Crippen LogP contribution in [0.15, 0.2) is 24.3 Å². The van der Waals surface area contributed by atoms with Crippen LogP contribution in [0.2, 0.25) is 0 Å². The van der Waals surface area contributed by atoms with Gasteiger partial charge in [-0.3, -0.25) is 9.59 Å². The van der Waals surface area contributed by atoms with Gasteiger partial charge in [0.15, 0.2) is 0 Å². The summed E-state index contributed by atoms with van der Waals surface area (Å²) < 4.78 is 6.10. The Bertz CT molecular complexity index is 833. The second-order valence-corrected chi connectivity index (χ2v) is 7.52. The van der Waals surface area contributed by atoms with Crippen LogP contribution in [0.4, 0.5) is 10.7 Å². The van der Waals surface area contributed by atoms with Crippen molar-refractivity contribution in [3.05, 3.63) is 43.8 Å². The number of carbonyl (C=O) groups is 3. The van der Waals surface area contributed by atoms with Crippen LogP contribution < -0.4 is 16.4 Å². The van der Waals surface area contributed by atoms with Gasteiger partial charge < -0.3 is 21.1 Å². The van der Waals surface area contributed by atoms with Crippen molar-refractivity contribution < 1.29 is 19.1 Å². The molecule has 2 aromatic rings. The van der Waals surface area contributed by atoms with Gasteiger partial charge in [0.25, 0.3) is 5.91 Å². The molecule has 9 heteroatoms. The second-order valence-electron chi connectivity index (χ2n) is 5.25. The number of hydrogen-bond donors (Lipinski definition) is 3. The molecule has 0 radical (unpaired) electrons. The number of esters is 1. The third-order valence-corrected chi connectivity index (χ3v) is 5.34. The maximum absolute atomic E-state index is 12.2. The molecule has 0 saturated heterocycles. The number of primary amides is 1. The van der Waals surface area contributed by atoms with E-state index in [1.807, 2.05) is 24.3 Å². The van der Waals surface area contributed by atoms with Crippen molar-refractivity contribution in [2.75, 3.05) is 23.8 Å². The quantitative estimate of drug-likeness (QED) is 0.411. The van der Waals surface area contributed by atoms with Crippen LogP contribution in [-0.2, 0) is 9.53 Å². The smallest absolute Gasteiger partial charge is 0.341 e. The summed E-state index contributed by atoms with van der Waals surface area (Å²) >= 11 is 3.16. The molecule has 0 aliphatic carbocycles. The number of nitrogens with two attached hydrogens (primary N) is 1. The van der Waals surface area contributed by atoms with Crippen molar-refractivity contribution in [3.8, 4) is 0 Å². The van der Waals surface area contributed by atoms with Gasteiger partial charge in [-0.05, 0) is 66.3 Å². The number of halogens is 1. The average molecular weight is 487 g/mol. The average Bonchev–Trinajstić information content (AvgIpc) is 2.91. The number of ether oxygens (including phenoxy) is 1. The van der Waals surface area contributed by atoms with Crippen molar-refractivity contribution in [3.63, 3.8) is 0 Å². The monoisotopic (exact) mass is 487 g/mol. The van der Waals surface area contributed by atoms with E-state index in [-0.39, 0.29) is 34.5 Å². The lowest BCUT2D eigenvalue weighted by Gasteiger charge is -2.09. The van der Waals surface area contributed by atoms with Crippen molar-refractivity contribution in [1.29, 1.82) is 0 Å². The fraction of sp³-hybridized carbons (Fsp3) is 0.235. The summed E-state index contributed by atoms with van der Waals surface area (Å²) in [7, 11) is 0. The van der Waals surface area contributed by atoms with Crippen molar-refractivity contribution in [2.45, 2.75) is 13.8 Å². The van der Waals surface area contributed by atoms with E-state index in [0.717, 1.165) is 20.6 Å². The minimum atomic E-state index is -0.657. The molecule has 2 amide bonds. The molecule has 1 aromatic heterocycles. The maximum Gasteiger partial charge on any atom is 0.341 e. The lowest BCUT2D eigenvalue weighted by molar-refractivity contribution is -0.114. The van der Waals surface area contributed by atoms with Crippen LogP contribution in [0.25, 0.3) is 0 Å². The highest BCUT2D eigenvalue weighted by Gasteiger charge is 2.25. The molecule has 0 unspecified atom stereocenters. The molecule has 1 heterocycles. The highest BCUT2D eigenvalue weighted by Crippen LogP contribution is 2.33. The summed E-state index contributed by atoms with van der Waals surface area (Å²) in [5, 5.41) is 5.90. The first-order chi connectivity index (χ1) is 12.3. The van der Waals surface area contributed by atoms with Crippen molar-refractivity contribution in [2.24, 2.45) is 5.73 Å². The van der Waals surface area contributed by atoms with E-state index in [9.17, 15) is 14.4 Å². The zero-order chi connectivity index (χ0) is 19.3. The summed E-state index contributed by atoms with van der Waals surface area (Å²) in [6.45, 7) is 3.47. The molecule has 7 nitrogen and oxygen atoms in total. The zero-order valence-corrected chi connectivity index (χ0v) is 17.2. The minimum Gasteiger partial charge on any atom is -0.462 e. The number of carbonyl (C=O) groups excluding carboxylic acids is 3. The molecule has 0 atom stereocenters. The van der Waals surface area contributed by atoms with Crippen molar-refractivity contribution >= 4 is 62.4 Å². The Labute approximate surface area is 168 Å². The van der Waals surface area contributed by atoms with Crippen LogP contribution in [0.1, 0.15) is 32.5 Å². The molecule has 138 valence electrons. The first-order valence-electron chi connectivity index (χ1n) is 7.73. The van der Waals surface area contributed by atoms with Crippen LogP contribution in [-0.4, -0.2) is 30.9 Å². The third kappa shape index (κ3) is 4.94. The van der Waals surface area contributed by atoms with Gasteiger partial charge in [0.2, 0.25) is 5.91 Å². The molecule has 0 aliphatic heterocycles. The van der Waals surface area contributed by atoms with E-state index in [1.54, 1.807) is 13.8 Å². The molecule has 0 bridgehead atoms. The lowest BCUT2D eigenvalue weighted by Crippen LogP contribution is -2.22. The van der Waals surface area contributed by atoms with E-state index in [4.69, 9.17) is 10.5 Å². The molecule has 1 aromatic carbocycles. The number of rotatable bonds is 7. The highest BCUT2D eigenvalue weighted by molar-refractivity contribution is 14.1. The van der Waals surface area contributed by atoms with Crippen LogP contribution in [0, 0.1) is 10.5 Å². The van der Waals surface area contributed by atoms with Gasteiger partial charge in [0.1, 0.15) is 5.00 Å². The molecular weight excluding hydrogens is 469 g/mol. The Hall–Kier alpha value is -2.14. The van der Waals surface area contributed by atoms with Gasteiger partial charge in [-0.2, -0.15) is 0 Å². The topological polar surface area (TPSA) is 111 Å². The Morgan fingerprint density at radius 2 is 1.88 bits per heavy atom. The standard InChI is InChI=1S/C17H18IN3O4S/c1-3-25-17(24)13-9(2)14(15(19)23)26-16(13)21-12(22)8-20-11-6-4-10(18)5-7-11/h4-7,20H,3,8H2,1-2H3,(H2,19,23)(H,21,22). The van der Waals surface area contributed by atoms with Crippen molar-refractivity contribution in [1.82, 2.24) is 0 Å². The normalized spacial score (nSPS) is 10.3. The highest BCUT2D eigenvalue weighted by atomic mass is 127. The van der Waals surface area contributed by atoms with Crippen LogP contribution >= 0.6 is 33.9 Å². The molecule has 4 N–H and O–H groups in total. The van der Waals surface area contributed by atoms with Gasteiger partial charge in [0, 0.05) is 9.26 Å². The molecule has 0 fully saturated rings. The predicted molar refractivity (Wildman–Crippen MR) is 110 cm³/mol. The van der Waals surface area contributed by atoms with Gasteiger partial charge >= 0.3 is 5.97 Å². The van der Waals surface area contributed by atoms with Gasteiger partial charge in [0.05, 0.1) is 23.6 Å². The van der Waals surface area contributed by atoms with E-state index in [2.05, 4.69) is 33.2 Å². The first-order valence-corrected chi connectivity index (χ1v) is 9.62. The summed E-state index contributed by atoms with van der Waals surface area (Å²) in [4.78, 5) is 36.2. The minimum absolute atomic E-state index is 0.00566. The predicted octanol–water partition coefficient (Wildman–Crippen LogP) is 2.99. The number of anilines is 2. The summed E-state index contributed by atoms with van der Waals surface area (Å²) in [5.74, 6) is -1.61. The maximum atomic E-state index is 12.2. The number of hydrogen-bond acceptors (Lipinski definition) is 6. The van der Waals surface area contributed by atoms with E-state index < -0.39 is 11.9 Å². The summed E-state index contributed by atoms with van der Waals surface area (Å²) in [6, 6.07) is 7.56. The molecular formula is C17H18IN3O4S. The first kappa shape index (κ1) is 20.2. The number of thiophene rings is 1. The van der Waals surface area contributed by atoms with Crippen LogP contribution in [0.3, 0.4) is 0 Å². The van der Waals surface area contributed by atoms with E-state index in [1.165, 1.54) is 0 Å². The van der Waals surface area contributed by atoms with E-state index in [0.29, 0.717) is 5.56 Å². The van der Waals surface area contributed by atoms with Crippen LogP contribution in [0.5, 0.6) is 0 Å². The lowest BCUT2D eigenvalue weighted by atomic mass is 10.1. The van der Waals surface area contributed by atoms with Gasteiger partial charge in [-0.15, -0.1) is 11.3 Å². The summed E-state index contributed by atoms with van der Waals surface area (Å²) in [6.07, 6.45) is 0. The fourth-order valence-electron chi connectivity index (χ4n) is 2.21. The number of benzene rings is 1. The molecule has 0 aliphatic rings. The Balaban J connectivity index is 2.15. The zero-order valence-electron chi connectivity index (χ0n) is 14.2. The number of amides is 2. The molecule has 26 heavy (non-hydrogen) atoms. The Morgan fingerprint density at radius 1 is 1.23 bits per heavy atom. The molecule has 0 spiro atoms. The van der Waals surface area contributed by atoms with Gasteiger partial charge in [-0.1, -0.05) is 0 Å². The Morgan fingerprint density at radius 3 is 2.46 bits per heavy atom. The summed E-state index contributed by atoms with van der Waals surface area (Å²) in [5.41, 5.74) is 6.70. The third-order valence-electron chi connectivity index (χ3n) is 3.40. The second kappa shape index (κ2) is 8.99. The van der Waals surface area contributed by atoms with Gasteiger partial charge in [-0.25, -0.2) is 4.79 Å². The largest absolute Gasteiger partial charge is 0.462 e. The SMILES string of the molecule is CCOC(=O)c1c(NC(=O)CNc2ccc(I)cc2)sc(C(N)=O)c1C. The fourth-order valence-corrected chi connectivity index (χ4v) is 3.63. The molecule has 0 saturated carbocycles. The van der Waals surface area contributed by atoms with E-state index >= 15 is 0 Å². The molecule has 2 rings (SSSR count).